The van der Waals surface area contributed by atoms with Crippen LogP contribution in [0.4, 0.5) is 4.39 Å². The van der Waals surface area contributed by atoms with Crippen LogP contribution in [-0.2, 0) is 9.47 Å². The van der Waals surface area contributed by atoms with Crippen molar-refractivity contribution >= 4 is 50.5 Å². The summed E-state index contributed by atoms with van der Waals surface area (Å²) in [6.45, 7) is 0. The average molecular weight is 559 g/mol. The Morgan fingerprint density at radius 2 is 1.75 bits per heavy atom. The largest absolute Gasteiger partial charge is 0.465 e. The van der Waals surface area contributed by atoms with Crippen molar-refractivity contribution in [2.24, 2.45) is 0 Å². The summed E-state index contributed by atoms with van der Waals surface area (Å²) < 4.78 is 26.2. The van der Waals surface area contributed by atoms with E-state index in [0.29, 0.717) is 19.3 Å². The van der Waals surface area contributed by atoms with Gasteiger partial charge in [-0.2, -0.15) is 5.10 Å². The van der Waals surface area contributed by atoms with E-state index in [2.05, 4.69) is 21.0 Å². The molecule has 0 aliphatic carbocycles. The summed E-state index contributed by atoms with van der Waals surface area (Å²) in [6.07, 6.45) is 0. The first-order chi connectivity index (χ1) is 13.4. The number of hydrogen-bond donors (Lipinski definition) is 0. The average Bonchev–Trinajstić information content (AvgIpc) is 3.10. The molecule has 0 spiro atoms. The molecule has 0 amide bonds. The quantitative estimate of drug-likeness (QED) is 0.265. The predicted molar refractivity (Wildman–Crippen MR) is 112 cm³/mol. The molecule has 2 aromatic carbocycles. The van der Waals surface area contributed by atoms with Crippen LogP contribution >= 0.6 is 38.5 Å². The number of hydrogen-bond acceptors (Lipinski definition) is 5. The van der Waals surface area contributed by atoms with E-state index in [1.807, 2.05) is 22.6 Å². The topological polar surface area (TPSA) is 70.4 Å². The first-order valence-corrected chi connectivity index (χ1v) is 9.76. The Hall–Kier alpha value is -2.27. The highest BCUT2D eigenvalue weighted by molar-refractivity contribution is 14.1. The van der Waals surface area contributed by atoms with Gasteiger partial charge in [-0.3, -0.25) is 0 Å². The third kappa shape index (κ3) is 3.68. The first kappa shape index (κ1) is 20.5. The molecule has 6 nitrogen and oxygen atoms in total. The number of halogens is 3. The Morgan fingerprint density at radius 1 is 1.11 bits per heavy atom. The van der Waals surface area contributed by atoms with E-state index in [1.165, 1.54) is 31.0 Å². The molecule has 0 saturated heterocycles. The lowest BCUT2D eigenvalue weighted by atomic mass is 10.1. The summed E-state index contributed by atoms with van der Waals surface area (Å²) in [5.41, 5.74) is 0.716. The van der Waals surface area contributed by atoms with Crippen LogP contribution in [0.25, 0.3) is 16.9 Å². The van der Waals surface area contributed by atoms with E-state index in [0.717, 1.165) is 0 Å². The van der Waals surface area contributed by atoms with Crippen molar-refractivity contribution in [2.75, 3.05) is 14.2 Å². The molecule has 0 N–H and O–H groups in total. The molecular weight excluding hydrogens is 546 g/mol. The van der Waals surface area contributed by atoms with Gasteiger partial charge >= 0.3 is 11.9 Å². The molecule has 3 rings (SSSR count). The summed E-state index contributed by atoms with van der Waals surface area (Å²) in [4.78, 5) is 25.1. The molecule has 1 heterocycles. The highest BCUT2D eigenvalue weighted by atomic mass is 127. The van der Waals surface area contributed by atoms with Crippen LogP contribution < -0.4 is 0 Å². The minimum Gasteiger partial charge on any atom is -0.465 e. The molecule has 0 bridgehead atoms. The van der Waals surface area contributed by atoms with E-state index in [4.69, 9.17) is 9.47 Å². The van der Waals surface area contributed by atoms with Crippen molar-refractivity contribution in [3.63, 3.8) is 0 Å². The second-order valence-corrected chi connectivity index (χ2v) is 7.51. The van der Waals surface area contributed by atoms with Crippen LogP contribution in [0, 0.1) is 9.39 Å². The lowest BCUT2D eigenvalue weighted by Crippen LogP contribution is -2.15. The predicted octanol–water partition coefficient (Wildman–Crippen LogP) is 4.62. The second-order valence-electron chi connectivity index (χ2n) is 5.55. The molecule has 0 aliphatic rings. The molecular formula is C19H13BrFIN2O4. The van der Waals surface area contributed by atoms with Gasteiger partial charge in [0.2, 0.25) is 0 Å². The maximum absolute atomic E-state index is 14.1. The van der Waals surface area contributed by atoms with Gasteiger partial charge in [0, 0.05) is 13.6 Å². The van der Waals surface area contributed by atoms with Gasteiger partial charge < -0.3 is 9.47 Å². The number of benzene rings is 2. The summed E-state index contributed by atoms with van der Waals surface area (Å²) in [6, 6.07) is 11.3. The Labute approximate surface area is 181 Å². The zero-order valence-electron chi connectivity index (χ0n) is 14.7. The Morgan fingerprint density at radius 3 is 2.36 bits per heavy atom. The number of rotatable bonds is 4. The van der Waals surface area contributed by atoms with Crippen LogP contribution in [0.3, 0.4) is 0 Å². The summed E-state index contributed by atoms with van der Waals surface area (Å²) >= 11 is 5.37. The van der Waals surface area contributed by atoms with Crippen molar-refractivity contribution in [1.29, 1.82) is 0 Å². The van der Waals surface area contributed by atoms with Gasteiger partial charge in [-0.05, 0) is 62.8 Å². The standard InChI is InChI=1S/C19H13BrFIN2O4/c1-27-18(25)14-16(12-8-10(21)9-13(22)15(12)20)23-24(17(14)19(26)28-2)11-6-4-3-5-7-11/h3-9H,1-2H3. The lowest BCUT2D eigenvalue weighted by molar-refractivity contribution is 0.0549. The van der Waals surface area contributed by atoms with Crippen molar-refractivity contribution < 1.29 is 23.5 Å². The van der Waals surface area contributed by atoms with Crippen molar-refractivity contribution in [1.82, 2.24) is 9.78 Å². The molecule has 0 aliphatic heterocycles. The van der Waals surface area contributed by atoms with E-state index >= 15 is 0 Å². The van der Waals surface area contributed by atoms with Crippen LogP contribution in [-0.4, -0.2) is 35.9 Å². The maximum Gasteiger partial charge on any atom is 0.357 e. The molecule has 0 radical (unpaired) electrons. The third-order valence-corrected chi connectivity index (χ3v) is 6.35. The molecule has 1 aromatic heterocycles. The smallest absolute Gasteiger partial charge is 0.357 e. The fourth-order valence-electron chi connectivity index (χ4n) is 2.67. The number of aromatic nitrogens is 2. The fourth-order valence-corrected chi connectivity index (χ4v) is 3.68. The van der Waals surface area contributed by atoms with Gasteiger partial charge in [0.25, 0.3) is 0 Å². The number of carbonyl (C=O) groups excluding carboxylic acids is 2. The van der Waals surface area contributed by atoms with E-state index in [-0.39, 0.29) is 17.0 Å². The Balaban J connectivity index is 2.43. The molecule has 0 fully saturated rings. The van der Waals surface area contributed by atoms with Gasteiger partial charge in [0.05, 0.1) is 19.9 Å². The highest BCUT2D eigenvalue weighted by Gasteiger charge is 2.32. The first-order valence-electron chi connectivity index (χ1n) is 7.89. The summed E-state index contributed by atoms with van der Waals surface area (Å²) in [5, 5.41) is 4.45. The fraction of sp³-hybridized carbons (Fsp3) is 0.105. The molecule has 0 atom stereocenters. The minimum atomic E-state index is -0.788. The minimum absolute atomic E-state index is 0.0976. The van der Waals surface area contributed by atoms with Crippen molar-refractivity contribution in [2.45, 2.75) is 0 Å². The molecule has 0 saturated carbocycles. The number of ether oxygens (including phenoxy) is 2. The summed E-state index contributed by atoms with van der Waals surface area (Å²) in [5.74, 6) is -2.07. The van der Waals surface area contributed by atoms with Gasteiger partial charge in [0.1, 0.15) is 17.1 Å². The van der Waals surface area contributed by atoms with Gasteiger partial charge in [-0.15, -0.1) is 0 Å². The zero-order chi connectivity index (χ0) is 20.4. The maximum atomic E-state index is 14.1. The van der Waals surface area contributed by atoms with Gasteiger partial charge in [-0.25, -0.2) is 18.7 Å². The van der Waals surface area contributed by atoms with E-state index in [1.54, 1.807) is 30.3 Å². The highest BCUT2D eigenvalue weighted by Crippen LogP contribution is 2.36. The van der Waals surface area contributed by atoms with Crippen LogP contribution in [0.1, 0.15) is 20.8 Å². The number of para-hydroxylation sites is 1. The normalized spacial score (nSPS) is 10.6. The Bertz CT molecular complexity index is 1070. The van der Waals surface area contributed by atoms with E-state index in [9.17, 15) is 14.0 Å². The number of nitrogens with zero attached hydrogens (tertiary/aromatic N) is 2. The monoisotopic (exact) mass is 558 g/mol. The zero-order valence-corrected chi connectivity index (χ0v) is 18.4. The molecule has 0 unspecified atom stereocenters. The SMILES string of the molecule is COC(=O)c1c(-c2cc(F)cc(I)c2Br)nn(-c2ccccc2)c1C(=O)OC. The number of carbonyl (C=O) groups is 2. The van der Waals surface area contributed by atoms with Crippen LogP contribution in [0.15, 0.2) is 46.9 Å². The van der Waals surface area contributed by atoms with Crippen molar-refractivity contribution in [3.05, 3.63) is 67.6 Å². The van der Waals surface area contributed by atoms with Crippen LogP contribution in [0.2, 0.25) is 0 Å². The molecule has 144 valence electrons. The molecule has 3 aromatic rings. The van der Waals surface area contributed by atoms with Crippen molar-refractivity contribution in [3.8, 4) is 16.9 Å². The lowest BCUT2D eigenvalue weighted by Gasteiger charge is -2.07. The third-order valence-electron chi connectivity index (χ3n) is 3.90. The number of esters is 2. The van der Waals surface area contributed by atoms with Gasteiger partial charge in [0.15, 0.2) is 5.69 Å². The molecule has 28 heavy (non-hydrogen) atoms. The number of methoxy groups -OCH3 is 2. The van der Waals surface area contributed by atoms with Gasteiger partial charge in [-0.1, -0.05) is 18.2 Å². The van der Waals surface area contributed by atoms with Crippen LogP contribution in [0.5, 0.6) is 0 Å². The Kier molecular flexibility index (Phi) is 6.14. The molecule has 9 heteroatoms. The van der Waals surface area contributed by atoms with E-state index < -0.39 is 17.8 Å². The summed E-state index contributed by atoms with van der Waals surface area (Å²) in [7, 11) is 2.39. The second kappa shape index (κ2) is 8.39.